The topological polar surface area (TPSA) is 84.7 Å². The highest BCUT2D eigenvalue weighted by molar-refractivity contribution is 5.94. The molecule has 0 aliphatic carbocycles. The average Bonchev–Trinajstić information content (AvgIpc) is 2.44. The number of nitrogens with two attached hydrogens (primary N) is 1. The largest absolute Gasteiger partial charge is 0.484 e. The first-order chi connectivity index (χ1) is 10.3. The van der Waals surface area contributed by atoms with E-state index in [1.54, 1.807) is 38.4 Å². The van der Waals surface area contributed by atoms with E-state index in [1.807, 2.05) is 13.8 Å². The number of nitrogens with zero attached hydrogens (tertiary/aromatic N) is 1. The minimum absolute atomic E-state index is 0. The van der Waals surface area contributed by atoms with Gasteiger partial charge in [0.1, 0.15) is 5.75 Å². The van der Waals surface area contributed by atoms with Crippen LogP contribution in [0.5, 0.6) is 5.75 Å². The van der Waals surface area contributed by atoms with Gasteiger partial charge in [0.2, 0.25) is 5.91 Å². The Morgan fingerprint density at radius 3 is 2.52 bits per heavy atom. The van der Waals surface area contributed by atoms with Crippen molar-refractivity contribution in [3.05, 3.63) is 24.3 Å². The molecule has 0 aliphatic heterocycles. The van der Waals surface area contributed by atoms with Gasteiger partial charge in [0.05, 0.1) is 6.04 Å². The first kappa shape index (κ1) is 21.2. The van der Waals surface area contributed by atoms with E-state index in [0.717, 1.165) is 0 Å². The predicted octanol–water partition coefficient (Wildman–Crippen LogP) is 1.89. The zero-order valence-corrected chi connectivity index (χ0v) is 14.9. The number of amides is 2. The van der Waals surface area contributed by atoms with Gasteiger partial charge in [0.25, 0.3) is 5.91 Å². The first-order valence-corrected chi connectivity index (χ1v) is 7.29. The Bertz CT molecular complexity index is 521. The second-order valence-electron chi connectivity index (χ2n) is 5.83. The van der Waals surface area contributed by atoms with E-state index < -0.39 is 6.04 Å². The van der Waals surface area contributed by atoms with Crippen LogP contribution in [0.15, 0.2) is 24.3 Å². The molecule has 23 heavy (non-hydrogen) atoms. The van der Waals surface area contributed by atoms with Gasteiger partial charge in [0.15, 0.2) is 6.61 Å². The van der Waals surface area contributed by atoms with Crippen molar-refractivity contribution < 1.29 is 14.3 Å². The summed E-state index contributed by atoms with van der Waals surface area (Å²) in [5.41, 5.74) is 6.44. The monoisotopic (exact) mass is 343 g/mol. The Morgan fingerprint density at radius 1 is 1.30 bits per heavy atom. The van der Waals surface area contributed by atoms with Gasteiger partial charge in [0, 0.05) is 25.8 Å². The molecule has 1 atom stereocenters. The molecule has 1 rings (SSSR count). The zero-order valence-electron chi connectivity index (χ0n) is 14.0. The van der Waals surface area contributed by atoms with Crippen LogP contribution in [0.25, 0.3) is 0 Å². The minimum atomic E-state index is -0.542. The molecule has 3 N–H and O–H groups in total. The molecule has 0 radical (unpaired) electrons. The van der Waals surface area contributed by atoms with Gasteiger partial charge in [-0.15, -0.1) is 12.4 Å². The van der Waals surface area contributed by atoms with E-state index in [4.69, 9.17) is 10.5 Å². The average molecular weight is 344 g/mol. The molecule has 2 amide bonds. The van der Waals surface area contributed by atoms with E-state index in [9.17, 15) is 9.59 Å². The summed E-state index contributed by atoms with van der Waals surface area (Å²) in [6.45, 7) is 3.99. The van der Waals surface area contributed by atoms with Crippen LogP contribution in [-0.4, -0.2) is 43.5 Å². The maximum absolute atomic E-state index is 12.0. The zero-order chi connectivity index (χ0) is 16.7. The molecule has 0 bridgehead atoms. The molecule has 0 heterocycles. The smallest absolute Gasteiger partial charge is 0.259 e. The fourth-order valence-electron chi connectivity index (χ4n) is 1.79. The molecular weight excluding hydrogens is 318 g/mol. The van der Waals surface area contributed by atoms with Gasteiger partial charge in [-0.2, -0.15) is 0 Å². The molecule has 0 saturated carbocycles. The van der Waals surface area contributed by atoms with Crippen LogP contribution >= 0.6 is 12.4 Å². The summed E-state index contributed by atoms with van der Waals surface area (Å²) in [5.74, 6) is 0.515. The van der Waals surface area contributed by atoms with E-state index in [0.29, 0.717) is 23.8 Å². The predicted molar refractivity (Wildman–Crippen MR) is 93.9 cm³/mol. The standard InChI is InChI=1S/C16H25N3O3.ClH/c1-11(2)8-14(17)16(21)18-12-6-5-7-13(9-12)22-10-15(20)19(3)4;/h5-7,9,11,14H,8,10,17H2,1-4H3,(H,18,21);1H/t14-;/m0./s1. The van der Waals surface area contributed by atoms with Crippen LogP contribution in [0.4, 0.5) is 5.69 Å². The van der Waals surface area contributed by atoms with Gasteiger partial charge in [-0.1, -0.05) is 19.9 Å². The fourth-order valence-corrected chi connectivity index (χ4v) is 1.79. The van der Waals surface area contributed by atoms with E-state index in [-0.39, 0.29) is 30.8 Å². The first-order valence-electron chi connectivity index (χ1n) is 7.29. The normalized spacial score (nSPS) is 11.4. The summed E-state index contributed by atoms with van der Waals surface area (Å²) in [6.07, 6.45) is 0.624. The fraction of sp³-hybridized carbons (Fsp3) is 0.500. The lowest BCUT2D eigenvalue weighted by molar-refractivity contribution is -0.130. The van der Waals surface area contributed by atoms with Crippen molar-refractivity contribution in [2.75, 3.05) is 26.0 Å². The van der Waals surface area contributed by atoms with Crippen molar-refractivity contribution in [3.8, 4) is 5.75 Å². The van der Waals surface area contributed by atoms with Crippen LogP contribution in [-0.2, 0) is 9.59 Å². The third kappa shape index (κ3) is 7.85. The number of ether oxygens (including phenoxy) is 1. The molecule has 1 aromatic carbocycles. The summed E-state index contributed by atoms with van der Waals surface area (Å²) in [7, 11) is 3.33. The Labute approximate surface area is 143 Å². The van der Waals surface area contributed by atoms with Crippen LogP contribution < -0.4 is 15.8 Å². The molecule has 0 fully saturated rings. The number of nitrogens with one attached hydrogen (secondary N) is 1. The van der Waals surface area contributed by atoms with Crippen molar-refractivity contribution in [2.24, 2.45) is 11.7 Å². The number of anilines is 1. The van der Waals surface area contributed by atoms with E-state index in [2.05, 4.69) is 5.32 Å². The number of benzene rings is 1. The van der Waals surface area contributed by atoms with Crippen LogP contribution in [0.3, 0.4) is 0 Å². The molecule has 0 spiro atoms. The SMILES string of the molecule is CC(C)C[C@H](N)C(=O)Nc1cccc(OCC(=O)N(C)C)c1.Cl. The lowest BCUT2D eigenvalue weighted by Crippen LogP contribution is -2.36. The maximum Gasteiger partial charge on any atom is 0.259 e. The Hall–Kier alpha value is -1.79. The second kappa shape index (κ2) is 10.1. The molecule has 1 aromatic rings. The van der Waals surface area contributed by atoms with Crippen LogP contribution in [0, 0.1) is 5.92 Å². The number of carbonyl (C=O) groups is 2. The molecule has 0 aromatic heterocycles. The number of carbonyl (C=O) groups excluding carboxylic acids is 2. The van der Waals surface area contributed by atoms with Crippen molar-refractivity contribution >= 4 is 29.9 Å². The van der Waals surface area contributed by atoms with Crippen LogP contribution in [0.1, 0.15) is 20.3 Å². The summed E-state index contributed by atoms with van der Waals surface area (Å²) < 4.78 is 5.40. The van der Waals surface area contributed by atoms with Gasteiger partial charge >= 0.3 is 0 Å². The summed E-state index contributed by atoms with van der Waals surface area (Å²) in [4.78, 5) is 24.9. The molecular formula is C16H26ClN3O3. The van der Waals surface area contributed by atoms with E-state index in [1.165, 1.54) is 4.90 Å². The highest BCUT2D eigenvalue weighted by Crippen LogP contribution is 2.18. The molecule has 0 unspecified atom stereocenters. The summed E-state index contributed by atoms with van der Waals surface area (Å²) in [6, 6.07) is 6.36. The van der Waals surface area contributed by atoms with Crippen molar-refractivity contribution in [1.29, 1.82) is 0 Å². The Morgan fingerprint density at radius 2 is 1.96 bits per heavy atom. The van der Waals surface area contributed by atoms with Crippen molar-refractivity contribution in [2.45, 2.75) is 26.3 Å². The molecule has 0 aliphatic rings. The third-order valence-corrected chi connectivity index (χ3v) is 3.02. The highest BCUT2D eigenvalue weighted by Gasteiger charge is 2.15. The highest BCUT2D eigenvalue weighted by atomic mass is 35.5. The second-order valence-corrected chi connectivity index (χ2v) is 5.83. The molecule has 7 heteroatoms. The number of hydrogen-bond acceptors (Lipinski definition) is 4. The van der Waals surface area contributed by atoms with E-state index >= 15 is 0 Å². The summed E-state index contributed by atoms with van der Waals surface area (Å²) in [5, 5.41) is 2.76. The lowest BCUT2D eigenvalue weighted by atomic mass is 10.0. The van der Waals surface area contributed by atoms with Crippen LogP contribution in [0.2, 0.25) is 0 Å². The van der Waals surface area contributed by atoms with Gasteiger partial charge < -0.3 is 20.7 Å². The van der Waals surface area contributed by atoms with Crippen molar-refractivity contribution in [3.63, 3.8) is 0 Å². The third-order valence-electron chi connectivity index (χ3n) is 3.02. The van der Waals surface area contributed by atoms with Gasteiger partial charge in [-0.3, -0.25) is 9.59 Å². The van der Waals surface area contributed by atoms with Crippen molar-refractivity contribution in [1.82, 2.24) is 4.90 Å². The number of halogens is 1. The van der Waals surface area contributed by atoms with Gasteiger partial charge in [-0.05, 0) is 24.5 Å². The Kier molecular flexibility index (Phi) is 9.29. The lowest BCUT2D eigenvalue weighted by Gasteiger charge is -2.15. The molecule has 130 valence electrons. The number of likely N-dealkylation sites (N-methyl/N-ethyl adjacent to an activating group) is 1. The number of rotatable bonds is 7. The molecule has 6 nitrogen and oxygen atoms in total. The summed E-state index contributed by atoms with van der Waals surface area (Å²) >= 11 is 0. The molecule has 0 saturated heterocycles. The quantitative estimate of drug-likeness (QED) is 0.791. The maximum atomic E-state index is 12.0. The Balaban J connectivity index is 0.00000484. The van der Waals surface area contributed by atoms with Gasteiger partial charge in [-0.25, -0.2) is 0 Å². The number of hydrogen-bond donors (Lipinski definition) is 2. The minimum Gasteiger partial charge on any atom is -0.484 e.